The van der Waals surface area contributed by atoms with E-state index in [-0.39, 0.29) is 0 Å². The molecule has 88 valence electrons. The van der Waals surface area contributed by atoms with Crippen molar-refractivity contribution in [1.29, 1.82) is 0 Å². The highest BCUT2D eigenvalue weighted by molar-refractivity contribution is 7.85. The molecular formula is C12H23NOS. The molecule has 1 heterocycles. The smallest absolute Gasteiger partial charge is 0.0249 e. The molecule has 1 aliphatic heterocycles. The predicted molar refractivity (Wildman–Crippen MR) is 65.5 cm³/mol. The lowest BCUT2D eigenvalue weighted by atomic mass is 10.0. The van der Waals surface area contributed by atoms with Gasteiger partial charge in [0.25, 0.3) is 0 Å². The lowest BCUT2D eigenvalue weighted by Gasteiger charge is -2.26. The average molecular weight is 229 g/mol. The third-order valence-corrected chi connectivity index (χ3v) is 5.36. The molecule has 2 nitrogen and oxygen atoms in total. The second-order valence-electron chi connectivity index (χ2n) is 5.07. The van der Waals surface area contributed by atoms with Crippen LogP contribution in [-0.2, 0) is 10.8 Å². The van der Waals surface area contributed by atoms with Gasteiger partial charge in [0.2, 0.25) is 0 Å². The van der Waals surface area contributed by atoms with Crippen molar-refractivity contribution in [3.05, 3.63) is 0 Å². The van der Waals surface area contributed by atoms with E-state index in [1.54, 1.807) is 0 Å². The summed E-state index contributed by atoms with van der Waals surface area (Å²) in [7, 11) is -0.513. The zero-order valence-electron chi connectivity index (χ0n) is 9.71. The van der Waals surface area contributed by atoms with Crippen LogP contribution in [0.1, 0.15) is 45.4 Å². The van der Waals surface area contributed by atoms with Crippen LogP contribution in [0.3, 0.4) is 0 Å². The van der Waals surface area contributed by atoms with Gasteiger partial charge in [0, 0.05) is 34.4 Å². The van der Waals surface area contributed by atoms with Crippen molar-refractivity contribution in [3.8, 4) is 0 Å². The monoisotopic (exact) mass is 229 g/mol. The minimum absolute atomic E-state index is 0.513. The van der Waals surface area contributed by atoms with Crippen LogP contribution < -0.4 is 5.32 Å². The summed E-state index contributed by atoms with van der Waals surface area (Å²) < 4.78 is 11.2. The predicted octanol–water partition coefficient (Wildman–Crippen LogP) is 2.07. The van der Waals surface area contributed by atoms with E-state index in [0.29, 0.717) is 6.04 Å². The molecule has 2 fully saturated rings. The van der Waals surface area contributed by atoms with E-state index in [1.807, 2.05) is 0 Å². The Bertz CT molecular complexity index is 222. The maximum Gasteiger partial charge on any atom is 0.0249 e. The third-order valence-electron chi connectivity index (χ3n) is 3.98. The van der Waals surface area contributed by atoms with Crippen molar-refractivity contribution in [2.45, 2.75) is 57.5 Å². The quantitative estimate of drug-likeness (QED) is 0.802. The van der Waals surface area contributed by atoms with Crippen molar-refractivity contribution in [1.82, 2.24) is 5.32 Å². The summed E-state index contributed by atoms with van der Waals surface area (Å²) in [5.41, 5.74) is 0. The molecule has 0 bridgehead atoms. The Morgan fingerprint density at radius 3 is 2.47 bits per heavy atom. The van der Waals surface area contributed by atoms with Crippen LogP contribution in [0.4, 0.5) is 0 Å². The molecule has 1 N–H and O–H groups in total. The molecule has 0 aromatic heterocycles. The lowest BCUT2D eigenvalue weighted by molar-refractivity contribution is 0.395. The molecule has 2 aliphatic rings. The van der Waals surface area contributed by atoms with Crippen LogP contribution in [0.15, 0.2) is 0 Å². The maximum absolute atomic E-state index is 11.2. The van der Waals surface area contributed by atoms with E-state index >= 15 is 0 Å². The van der Waals surface area contributed by atoms with E-state index in [9.17, 15) is 4.21 Å². The molecule has 3 heteroatoms. The molecule has 2 atom stereocenters. The highest BCUT2D eigenvalue weighted by Gasteiger charge is 2.26. The van der Waals surface area contributed by atoms with Gasteiger partial charge in [0.1, 0.15) is 0 Å². The Morgan fingerprint density at radius 1 is 1.13 bits per heavy atom. The zero-order valence-corrected chi connectivity index (χ0v) is 10.5. The van der Waals surface area contributed by atoms with E-state index in [0.717, 1.165) is 36.3 Å². The third kappa shape index (κ3) is 3.28. The van der Waals surface area contributed by atoms with Gasteiger partial charge in [0.15, 0.2) is 0 Å². The fourth-order valence-electron chi connectivity index (χ4n) is 2.89. The second-order valence-corrected chi connectivity index (χ2v) is 6.77. The SMILES string of the molecule is CCC1CCC(NC2CCS(=O)CC2)C1. The lowest BCUT2D eigenvalue weighted by Crippen LogP contribution is -2.41. The number of rotatable bonds is 3. The summed E-state index contributed by atoms with van der Waals surface area (Å²) in [5.74, 6) is 2.80. The standard InChI is InChI=1S/C12H23NOS/c1-2-10-3-4-12(9-10)13-11-5-7-15(14)8-6-11/h10-13H,2-9H2,1H3. The van der Waals surface area contributed by atoms with Gasteiger partial charge in [-0.2, -0.15) is 0 Å². The van der Waals surface area contributed by atoms with E-state index in [4.69, 9.17) is 0 Å². The summed E-state index contributed by atoms with van der Waals surface area (Å²) in [4.78, 5) is 0. The van der Waals surface area contributed by atoms with Crippen LogP contribution >= 0.6 is 0 Å². The molecule has 2 rings (SSSR count). The van der Waals surface area contributed by atoms with Crippen molar-refractivity contribution < 1.29 is 4.21 Å². The fourth-order valence-corrected chi connectivity index (χ4v) is 4.19. The van der Waals surface area contributed by atoms with Crippen molar-refractivity contribution in [2.75, 3.05) is 11.5 Å². The van der Waals surface area contributed by atoms with Crippen molar-refractivity contribution in [2.24, 2.45) is 5.92 Å². The summed E-state index contributed by atoms with van der Waals surface area (Å²) in [6, 6.07) is 1.41. The highest BCUT2D eigenvalue weighted by atomic mass is 32.2. The van der Waals surface area contributed by atoms with Gasteiger partial charge in [0.05, 0.1) is 0 Å². The Labute approximate surface area is 95.7 Å². The molecule has 15 heavy (non-hydrogen) atoms. The summed E-state index contributed by atoms with van der Waals surface area (Å²) >= 11 is 0. The Balaban J connectivity index is 1.71. The van der Waals surface area contributed by atoms with Gasteiger partial charge in [-0.25, -0.2) is 0 Å². The highest BCUT2D eigenvalue weighted by Crippen LogP contribution is 2.28. The van der Waals surface area contributed by atoms with Crippen LogP contribution in [0.25, 0.3) is 0 Å². The van der Waals surface area contributed by atoms with E-state index in [2.05, 4.69) is 12.2 Å². The molecule has 0 aromatic rings. The van der Waals surface area contributed by atoms with Crippen LogP contribution in [0.5, 0.6) is 0 Å². The first kappa shape index (κ1) is 11.6. The molecule has 0 amide bonds. The first-order valence-electron chi connectivity index (χ1n) is 6.39. The van der Waals surface area contributed by atoms with Gasteiger partial charge in [-0.3, -0.25) is 4.21 Å². The van der Waals surface area contributed by atoms with Crippen LogP contribution in [0.2, 0.25) is 0 Å². The van der Waals surface area contributed by atoms with Gasteiger partial charge < -0.3 is 5.32 Å². The zero-order chi connectivity index (χ0) is 10.7. The second kappa shape index (κ2) is 5.44. The Hall–Kier alpha value is 0.110. The van der Waals surface area contributed by atoms with Crippen molar-refractivity contribution in [3.63, 3.8) is 0 Å². The Kier molecular flexibility index (Phi) is 4.21. The van der Waals surface area contributed by atoms with E-state index in [1.165, 1.54) is 25.7 Å². The summed E-state index contributed by atoms with van der Waals surface area (Å²) in [5, 5.41) is 3.77. The first-order valence-corrected chi connectivity index (χ1v) is 7.87. The maximum atomic E-state index is 11.2. The van der Waals surface area contributed by atoms with Crippen LogP contribution in [-0.4, -0.2) is 27.8 Å². The fraction of sp³-hybridized carbons (Fsp3) is 1.00. The molecule has 0 radical (unpaired) electrons. The molecule has 1 saturated carbocycles. The minimum atomic E-state index is -0.513. The van der Waals surface area contributed by atoms with Gasteiger partial charge in [-0.1, -0.05) is 13.3 Å². The molecule has 2 unspecified atom stereocenters. The number of nitrogens with one attached hydrogen (secondary N) is 1. The molecule has 1 saturated heterocycles. The largest absolute Gasteiger partial charge is 0.311 e. The molecule has 1 aliphatic carbocycles. The molecule has 0 aromatic carbocycles. The topological polar surface area (TPSA) is 29.1 Å². The average Bonchev–Trinajstić information content (AvgIpc) is 2.69. The summed E-state index contributed by atoms with van der Waals surface area (Å²) in [6.45, 7) is 2.30. The van der Waals surface area contributed by atoms with Crippen molar-refractivity contribution >= 4 is 10.8 Å². The van der Waals surface area contributed by atoms with Gasteiger partial charge >= 0.3 is 0 Å². The molecule has 0 spiro atoms. The van der Waals surface area contributed by atoms with Gasteiger partial charge in [-0.05, 0) is 38.0 Å². The molecular weight excluding hydrogens is 206 g/mol. The number of hydrogen-bond acceptors (Lipinski definition) is 2. The van der Waals surface area contributed by atoms with E-state index < -0.39 is 10.8 Å². The first-order chi connectivity index (χ1) is 7.28. The Morgan fingerprint density at radius 2 is 1.87 bits per heavy atom. The number of hydrogen-bond donors (Lipinski definition) is 1. The summed E-state index contributed by atoms with van der Waals surface area (Å²) in [6.07, 6.45) is 7.73. The van der Waals surface area contributed by atoms with Gasteiger partial charge in [-0.15, -0.1) is 0 Å². The normalized spacial score (nSPS) is 41.9. The van der Waals surface area contributed by atoms with Crippen LogP contribution in [0, 0.1) is 5.92 Å². The minimum Gasteiger partial charge on any atom is -0.311 e.